The number of ketones is 1. The van der Waals surface area contributed by atoms with E-state index < -0.39 is 22.1 Å². The van der Waals surface area contributed by atoms with Crippen LogP contribution < -0.4 is 0 Å². The van der Waals surface area contributed by atoms with Crippen LogP contribution in [0.2, 0.25) is 0 Å². The molecule has 0 saturated carbocycles. The molecule has 0 radical (unpaired) electrons. The first-order chi connectivity index (χ1) is 12.7. The van der Waals surface area contributed by atoms with E-state index in [1.54, 1.807) is 12.1 Å². The van der Waals surface area contributed by atoms with Crippen LogP contribution in [0.5, 0.6) is 0 Å². The van der Waals surface area contributed by atoms with Gasteiger partial charge in [0.15, 0.2) is 6.10 Å². The third kappa shape index (κ3) is 4.81. The van der Waals surface area contributed by atoms with Crippen molar-refractivity contribution in [2.45, 2.75) is 31.3 Å². The maximum absolute atomic E-state index is 12.4. The molecule has 0 spiro atoms. The minimum absolute atomic E-state index is 0.0733. The molecule has 0 amide bonds. The van der Waals surface area contributed by atoms with Crippen molar-refractivity contribution in [2.75, 3.05) is 14.1 Å². The van der Waals surface area contributed by atoms with Gasteiger partial charge in [-0.1, -0.05) is 31.2 Å². The van der Waals surface area contributed by atoms with Crippen molar-refractivity contribution in [3.05, 3.63) is 65.2 Å². The van der Waals surface area contributed by atoms with Crippen LogP contribution in [0.1, 0.15) is 40.1 Å². The Kier molecular flexibility index (Phi) is 6.51. The van der Waals surface area contributed by atoms with Gasteiger partial charge in [0.25, 0.3) is 0 Å². The summed E-state index contributed by atoms with van der Waals surface area (Å²) in [5, 5.41) is 0. The Morgan fingerprint density at radius 1 is 0.963 bits per heavy atom. The highest BCUT2D eigenvalue weighted by Crippen LogP contribution is 2.16. The molecule has 2 aromatic carbocycles. The SMILES string of the molecule is CCc1ccc(C(=O)C(C)OC(=O)c2ccc(S(=O)(=O)N(C)C)cc2)cc1. The minimum atomic E-state index is -3.57. The van der Waals surface area contributed by atoms with Crippen LogP contribution in [0.4, 0.5) is 0 Å². The number of sulfonamides is 1. The van der Waals surface area contributed by atoms with E-state index in [0.717, 1.165) is 16.3 Å². The number of esters is 1. The van der Waals surface area contributed by atoms with Gasteiger partial charge in [0.2, 0.25) is 15.8 Å². The number of nitrogens with zero attached hydrogens (tertiary/aromatic N) is 1. The lowest BCUT2D eigenvalue weighted by Gasteiger charge is -2.14. The van der Waals surface area contributed by atoms with E-state index in [4.69, 9.17) is 4.74 Å². The minimum Gasteiger partial charge on any atom is -0.451 e. The van der Waals surface area contributed by atoms with Gasteiger partial charge < -0.3 is 4.74 Å². The largest absolute Gasteiger partial charge is 0.451 e. The molecule has 0 aliphatic rings. The molecule has 27 heavy (non-hydrogen) atoms. The van der Waals surface area contributed by atoms with Gasteiger partial charge in [-0.05, 0) is 43.2 Å². The summed E-state index contributed by atoms with van der Waals surface area (Å²) in [7, 11) is -0.714. The molecule has 144 valence electrons. The van der Waals surface area contributed by atoms with E-state index in [1.807, 2.05) is 19.1 Å². The number of benzene rings is 2. The first-order valence-electron chi connectivity index (χ1n) is 8.53. The summed E-state index contributed by atoms with van der Waals surface area (Å²) in [5.74, 6) is -0.979. The molecule has 0 saturated heterocycles. The van der Waals surface area contributed by atoms with Gasteiger partial charge in [-0.25, -0.2) is 17.5 Å². The second kappa shape index (κ2) is 8.45. The predicted molar refractivity (Wildman–Crippen MR) is 102 cm³/mol. The smallest absolute Gasteiger partial charge is 0.338 e. The number of hydrogen-bond donors (Lipinski definition) is 0. The Bertz CT molecular complexity index is 916. The molecule has 7 heteroatoms. The number of hydrogen-bond acceptors (Lipinski definition) is 5. The summed E-state index contributed by atoms with van der Waals surface area (Å²) in [6.07, 6.45) is -0.0754. The van der Waals surface area contributed by atoms with Gasteiger partial charge in [-0.3, -0.25) is 4.79 Å². The highest BCUT2D eigenvalue weighted by Gasteiger charge is 2.22. The molecule has 0 N–H and O–H groups in total. The fourth-order valence-corrected chi connectivity index (χ4v) is 3.30. The fourth-order valence-electron chi connectivity index (χ4n) is 2.40. The van der Waals surface area contributed by atoms with Crippen molar-refractivity contribution < 1.29 is 22.7 Å². The Hall–Kier alpha value is -2.51. The summed E-state index contributed by atoms with van der Waals surface area (Å²) in [4.78, 5) is 24.7. The first kappa shape index (κ1) is 20.8. The van der Waals surface area contributed by atoms with E-state index in [2.05, 4.69) is 0 Å². The molecule has 0 aliphatic carbocycles. The van der Waals surface area contributed by atoms with Gasteiger partial charge in [-0.15, -0.1) is 0 Å². The van der Waals surface area contributed by atoms with E-state index in [-0.39, 0.29) is 16.2 Å². The van der Waals surface area contributed by atoms with Crippen LogP contribution in [0.15, 0.2) is 53.4 Å². The number of carbonyl (C=O) groups excluding carboxylic acids is 2. The average molecular weight is 389 g/mol. The topological polar surface area (TPSA) is 80.8 Å². The zero-order chi connectivity index (χ0) is 20.2. The summed E-state index contributed by atoms with van der Waals surface area (Å²) in [6, 6.07) is 12.6. The first-order valence-corrected chi connectivity index (χ1v) is 9.97. The zero-order valence-electron chi connectivity index (χ0n) is 15.8. The normalized spacial score (nSPS) is 12.6. The molecule has 6 nitrogen and oxygen atoms in total. The highest BCUT2D eigenvalue weighted by molar-refractivity contribution is 7.89. The number of ether oxygens (including phenoxy) is 1. The zero-order valence-corrected chi connectivity index (χ0v) is 16.6. The van der Waals surface area contributed by atoms with Crippen molar-refractivity contribution in [1.82, 2.24) is 4.31 Å². The predicted octanol–water partition coefficient (Wildman–Crippen LogP) is 2.93. The standard InChI is InChI=1S/C20H23NO5S/c1-5-15-6-8-16(9-7-15)19(22)14(2)26-20(23)17-10-12-18(13-11-17)27(24,25)21(3)4/h6-14H,5H2,1-4H3. The molecular formula is C20H23NO5S. The third-order valence-electron chi connectivity index (χ3n) is 4.17. The van der Waals surface area contributed by atoms with Crippen molar-refractivity contribution in [3.63, 3.8) is 0 Å². The van der Waals surface area contributed by atoms with Gasteiger partial charge >= 0.3 is 5.97 Å². The Balaban J connectivity index is 2.08. The number of carbonyl (C=O) groups is 2. The van der Waals surface area contributed by atoms with Crippen LogP contribution in [0, 0.1) is 0 Å². The number of rotatable bonds is 7. The maximum atomic E-state index is 12.4. The molecule has 0 bridgehead atoms. The Labute approximate surface area is 159 Å². The molecule has 0 heterocycles. The van der Waals surface area contributed by atoms with Crippen molar-refractivity contribution in [3.8, 4) is 0 Å². The monoisotopic (exact) mass is 389 g/mol. The van der Waals surface area contributed by atoms with Crippen molar-refractivity contribution in [1.29, 1.82) is 0 Å². The van der Waals surface area contributed by atoms with Crippen molar-refractivity contribution >= 4 is 21.8 Å². The molecule has 1 unspecified atom stereocenters. The average Bonchev–Trinajstić information content (AvgIpc) is 2.67. The Morgan fingerprint density at radius 3 is 1.96 bits per heavy atom. The number of aryl methyl sites for hydroxylation is 1. The Morgan fingerprint density at radius 2 is 1.48 bits per heavy atom. The molecule has 0 fully saturated rings. The number of Topliss-reactive ketones (excluding diaryl/α,β-unsaturated/α-hetero) is 1. The third-order valence-corrected chi connectivity index (χ3v) is 6.00. The second-order valence-corrected chi connectivity index (χ2v) is 8.43. The molecule has 0 aromatic heterocycles. The summed E-state index contributed by atoms with van der Waals surface area (Å²) in [6.45, 7) is 3.54. The summed E-state index contributed by atoms with van der Waals surface area (Å²) in [5.41, 5.74) is 1.76. The summed E-state index contributed by atoms with van der Waals surface area (Å²) >= 11 is 0. The van der Waals surface area contributed by atoms with Crippen LogP contribution in [0.25, 0.3) is 0 Å². The van der Waals surface area contributed by atoms with E-state index in [0.29, 0.717) is 5.56 Å². The lowest BCUT2D eigenvalue weighted by atomic mass is 10.0. The molecule has 1 atom stereocenters. The van der Waals surface area contributed by atoms with Gasteiger partial charge in [-0.2, -0.15) is 0 Å². The van der Waals surface area contributed by atoms with Gasteiger partial charge in [0.1, 0.15) is 0 Å². The van der Waals surface area contributed by atoms with Crippen LogP contribution in [-0.2, 0) is 21.2 Å². The van der Waals surface area contributed by atoms with E-state index >= 15 is 0 Å². The van der Waals surface area contributed by atoms with Gasteiger partial charge in [0, 0.05) is 19.7 Å². The fraction of sp³-hybridized carbons (Fsp3) is 0.300. The lowest BCUT2D eigenvalue weighted by molar-refractivity contribution is 0.0318. The highest BCUT2D eigenvalue weighted by atomic mass is 32.2. The van der Waals surface area contributed by atoms with Gasteiger partial charge in [0.05, 0.1) is 10.5 Å². The van der Waals surface area contributed by atoms with Crippen LogP contribution in [0.3, 0.4) is 0 Å². The quantitative estimate of drug-likeness (QED) is 0.537. The van der Waals surface area contributed by atoms with Crippen molar-refractivity contribution in [2.24, 2.45) is 0 Å². The van der Waals surface area contributed by atoms with Crippen LogP contribution in [-0.4, -0.2) is 44.7 Å². The molecule has 0 aliphatic heterocycles. The molecule has 2 rings (SSSR count). The second-order valence-electron chi connectivity index (χ2n) is 6.27. The van der Waals surface area contributed by atoms with E-state index in [1.165, 1.54) is 45.3 Å². The molecular weight excluding hydrogens is 366 g/mol. The lowest BCUT2D eigenvalue weighted by Crippen LogP contribution is -2.25. The maximum Gasteiger partial charge on any atom is 0.338 e. The van der Waals surface area contributed by atoms with Crippen LogP contribution >= 0.6 is 0 Å². The van der Waals surface area contributed by atoms with E-state index in [9.17, 15) is 18.0 Å². The molecule has 2 aromatic rings. The summed E-state index contributed by atoms with van der Waals surface area (Å²) < 4.78 is 30.4.